The molecule has 0 atom stereocenters. The molecular weight excluding hydrogens is 404 g/mol. The second kappa shape index (κ2) is 10.3. The van der Waals surface area contributed by atoms with Crippen LogP contribution in [0.5, 0.6) is 0 Å². The van der Waals surface area contributed by atoms with Gasteiger partial charge < -0.3 is 15.5 Å². The van der Waals surface area contributed by atoms with E-state index < -0.39 is 5.82 Å². The maximum absolute atomic E-state index is 14.3. The molecule has 1 saturated heterocycles. The predicted octanol–water partition coefficient (Wildman–Crippen LogP) is 3.35. The van der Waals surface area contributed by atoms with E-state index in [1.165, 1.54) is 13.0 Å². The first-order chi connectivity index (χ1) is 12.4. The van der Waals surface area contributed by atoms with E-state index in [1.54, 1.807) is 29.2 Å². The summed E-state index contributed by atoms with van der Waals surface area (Å²) >= 11 is 0. The highest BCUT2D eigenvalue weighted by molar-refractivity contribution is 5.94. The Kier molecular flexibility index (Phi) is 8.72. The molecular formula is C20H24Cl2FN3O2. The highest BCUT2D eigenvalue weighted by Crippen LogP contribution is 2.22. The van der Waals surface area contributed by atoms with E-state index in [2.05, 4.69) is 0 Å². The lowest BCUT2D eigenvalue weighted by molar-refractivity contribution is -0.130. The number of halogens is 3. The molecule has 8 heteroatoms. The van der Waals surface area contributed by atoms with Crippen LogP contribution in [0, 0.1) is 5.82 Å². The fourth-order valence-electron chi connectivity index (χ4n) is 3.10. The van der Waals surface area contributed by atoms with Gasteiger partial charge in [-0.2, -0.15) is 0 Å². The SMILES string of the molecule is CC(=O)c1ccc(N2CCN(C(=O)Cc3ccc(N)cc3)CC2)c(F)c1.Cl.Cl. The lowest BCUT2D eigenvalue weighted by Crippen LogP contribution is -2.49. The average molecular weight is 428 g/mol. The second-order valence-corrected chi connectivity index (χ2v) is 6.51. The highest BCUT2D eigenvalue weighted by Gasteiger charge is 2.23. The fraction of sp³-hybridized carbons (Fsp3) is 0.300. The van der Waals surface area contributed by atoms with Crippen LogP contribution >= 0.6 is 24.8 Å². The number of rotatable bonds is 4. The third-order valence-electron chi connectivity index (χ3n) is 4.66. The quantitative estimate of drug-likeness (QED) is 0.599. The summed E-state index contributed by atoms with van der Waals surface area (Å²) in [6, 6.07) is 11.8. The molecule has 1 heterocycles. The molecule has 1 aliphatic heterocycles. The zero-order valence-corrected chi connectivity index (χ0v) is 17.2. The molecule has 2 aromatic rings. The number of carbonyl (C=O) groups is 2. The smallest absolute Gasteiger partial charge is 0.227 e. The summed E-state index contributed by atoms with van der Waals surface area (Å²) in [6.45, 7) is 3.62. The molecule has 2 aromatic carbocycles. The first-order valence-corrected chi connectivity index (χ1v) is 8.61. The molecule has 1 fully saturated rings. The second-order valence-electron chi connectivity index (χ2n) is 6.51. The summed E-state index contributed by atoms with van der Waals surface area (Å²) in [5.41, 5.74) is 8.10. The molecule has 0 aliphatic carbocycles. The van der Waals surface area contributed by atoms with Crippen LogP contribution < -0.4 is 10.6 Å². The van der Waals surface area contributed by atoms with Gasteiger partial charge in [-0.3, -0.25) is 9.59 Å². The van der Waals surface area contributed by atoms with Crippen molar-refractivity contribution < 1.29 is 14.0 Å². The summed E-state index contributed by atoms with van der Waals surface area (Å²) in [4.78, 5) is 27.5. The summed E-state index contributed by atoms with van der Waals surface area (Å²) in [5, 5.41) is 0. The van der Waals surface area contributed by atoms with Crippen molar-refractivity contribution in [2.75, 3.05) is 36.8 Å². The molecule has 3 rings (SSSR count). The van der Waals surface area contributed by atoms with Gasteiger partial charge >= 0.3 is 0 Å². The Balaban J connectivity index is 0.00000196. The third-order valence-corrected chi connectivity index (χ3v) is 4.66. The Morgan fingerprint density at radius 3 is 2.14 bits per heavy atom. The van der Waals surface area contributed by atoms with E-state index in [-0.39, 0.29) is 36.5 Å². The molecule has 0 radical (unpaired) electrons. The molecule has 0 aromatic heterocycles. The zero-order valence-electron chi connectivity index (χ0n) is 15.6. The number of nitrogens with two attached hydrogens (primary N) is 1. The third kappa shape index (κ3) is 5.59. The van der Waals surface area contributed by atoms with Crippen molar-refractivity contribution in [2.45, 2.75) is 13.3 Å². The van der Waals surface area contributed by atoms with Gasteiger partial charge in [0.1, 0.15) is 5.82 Å². The number of carbonyl (C=O) groups excluding carboxylic acids is 2. The average Bonchev–Trinajstić information content (AvgIpc) is 2.63. The topological polar surface area (TPSA) is 66.6 Å². The van der Waals surface area contributed by atoms with Crippen LogP contribution in [0.15, 0.2) is 42.5 Å². The summed E-state index contributed by atoms with van der Waals surface area (Å²) in [6.07, 6.45) is 0.335. The zero-order chi connectivity index (χ0) is 18.7. The van der Waals surface area contributed by atoms with Crippen molar-refractivity contribution >= 4 is 47.9 Å². The summed E-state index contributed by atoms with van der Waals surface area (Å²) in [7, 11) is 0. The maximum atomic E-state index is 14.3. The minimum Gasteiger partial charge on any atom is -0.399 e. The molecule has 28 heavy (non-hydrogen) atoms. The van der Waals surface area contributed by atoms with E-state index in [1.807, 2.05) is 17.0 Å². The van der Waals surface area contributed by atoms with Gasteiger partial charge in [-0.1, -0.05) is 12.1 Å². The Morgan fingerprint density at radius 1 is 1.00 bits per heavy atom. The van der Waals surface area contributed by atoms with Crippen LogP contribution in [0.4, 0.5) is 15.8 Å². The number of Topliss-reactive ketones (excluding diaryl/α,β-unsaturated/α-hetero) is 1. The van der Waals surface area contributed by atoms with Gasteiger partial charge in [0.25, 0.3) is 0 Å². The van der Waals surface area contributed by atoms with Crippen molar-refractivity contribution in [1.29, 1.82) is 0 Å². The lowest BCUT2D eigenvalue weighted by Gasteiger charge is -2.36. The maximum Gasteiger partial charge on any atom is 0.227 e. The van der Waals surface area contributed by atoms with Crippen LogP contribution in [0.3, 0.4) is 0 Å². The monoisotopic (exact) mass is 427 g/mol. The van der Waals surface area contributed by atoms with Crippen LogP contribution in [0.25, 0.3) is 0 Å². The van der Waals surface area contributed by atoms with Crippen LogP contribution in [0.2, 0.25) is 0 Å². The van der Waals surface area contributed by atoms with E-state index >= 15 is 0 Å². The predicted molar refractivity (Wildman–Crippen MR) is 114 cm³/mol. The number of amides is 1. The molecule has 0 bridgehead atoms. The summed E-state index contributed by atoms with van der Waals surface area (Å²) in [5.74, 6) is -0.505. The lowest BCUT2D eigenvalue weighted by atomic mass is 10.1. The van der Waals surface area contributed by atoms with Gasteiger partial charge in [0, 0.05) is 37.4 Å². The first-order valence-electron chi connectivity index (χ1n) is 8.61. The van der Waals surface area contributed by atoms with Crippen molar-refractivity contribution in [3.05, 3.63) is 59.4 Å². The number of hydrogen-bond donors (Lipinski definition) is 1. The Morgan fingerprint density at radius 2 is 1.61 bits per heavy atom. The van der Waals surface area contributed by atoms with E-state index in [9.17, 15) is 14.0 Å². The minimum absolute atomic E-state index is 0. The number of hydrogen-bond acceptors (Lipinski definition) is 4. The molecule has 2 N–H and O–H groups in total. The number of benzene rings is 2. The normalized spacial score (nSPS) is 13.4. The van der Waals surface area contributed by atoms with Gasteiger partial charge in [0.2, 0.25) is 5.91 Å². The number of piperazine rings is 1. The van der Waals surface area contributed by atoms with Crippen molar-refractivity contribution in [2.24, 2.45) is 0 Å². The molecule has 0 unspecified atom stereocenters. The summed E-state index contributed by atoms with van der Waals surface area (Å²) < 4.78 is 14.3. The molecule has 1 aliphatic rings. The van der Waals surface area contributed by atoms with E-state index in [4.69, 9.17) is 5.73 Å². The van der Waals surface area contributed by atoms with Crippen LogP contribution in [0.1, 0.15) is 22.8 Å². The van der Waals surface area contributed by atoms with Crippen molar-refractivity contribution in [3.8, 4) is 0 Å². The van der Waals surface area contributed by atoms with Gasteiger partial charge in [0.05, 0.1) is 12.1 Å². The Bertz CT molecular complexity index is 823. The number of anilines is 2. The molecule has 5 nitrogen and oxygen atoms in total. The van der Waals surface area contributed by atoms with Gasteiger partial charge in [-0.15, -0.1) is 24.8 Å². The number of nitrogens with zero attached hydrogens (tertiary/aromatic N) is 2. The van der Waals surface area contributed by atoms with Crippen LogP contribution in [-0.4, -0.2) is 42.8 Å². The highest BCUT2D eigenvalue weighted by atomic mass is 35.5. The van der Waals surface area contributed by atoms with E-state index in [0.717, 1.165) is 5.56 Å². The standard InChI is InChI=1S/C20H22FN3O2.2ClH/c1-14(25)16-4-7-19(18(21)13-16)23-8-10-24(11-9-23)20(26)12-15-2-5-17(22)6-3-15;;/h2-7,13H,8-12,22H2,1H3;2*1H. The molecule has 152 valence electrons. The van der Waals surface area contributed by atoms with Gasteiger partial charge in [0.15, 0.2) is 5.78 Å². The van der Waals surface area contributed by atoms with E-state index in [0.29, 0.717) is 49.5 Å². The van der Waals surface area contributed by atoms with Gasteiger partial charge in [-0.05, 0) is 42.8 Å². The Labute approximate surface area is 176 Å². The van der Waals surface area contributed by atoms with Crippen LogP contribution in [-0.2, 0) is 11.2 Å². The Hall–Kier alpha value is -2.31. The van der Waals surface area contributed by atoms with Crippen molar-refractivity contribution in [3.63, 3.8) is 0 Å². The number of ketones is 1. The molecule has 0 saturated carbocycles. The fourth-order valence-corrected chi connectivity index (χ4v) is 3.10. The van der Waals surface area contributed by atoms with Gasteiger partial charge in [-0.25, -0.2) is 4.39 Å². The first kappa shape index (κ1) is 23.7. The van der Waals surface area contributed by atoms with Crippen molar-refractivity contribution in [1.82, 2.24) is 4.90 Å². The molecule has 1 amide bonds. The molecule has 0 spiro atoms. The largest absolute Gasteiger partial charge is 0.399 e. The number of nitrogen functional groups attached to an aromatic ring is 1. The minimum atomic E-state index is -0.403.